The van der Waals surface area contributed by atoms with Gasteiger partial charge in [-0.05, 0) is 18.2 Å². The zero-order chi connectivity index (χ0) is 13.0. The first kappa shape index (κ1) is 12.8. The molecule has 4 heteroatoms. The highest BCUT2D eigenvalue weighted by molar-refractivity contribution is 9.10. The monoisotopic (exact) mass is 308 g/mol. The summed E-state index contributed by atoms with van der Waals surface area (Å²) in [5.74, 6) is -0.546. The van der Waals surface area contributed by atoms with Gasteiger partial charge in [0.25, 0.3) is 0 Å². The molecule has 0 spiro atoms. The number of para-hydroxylation sites is 1. The molecule has 0 aliphatic heterocycles. The van der Waals surface area contributed by atoms with Crippen LogP contribution in [0.2, 0.25) is 0 Å². The maximum absolute atomic E-state index is 13.5. The Morgan fingerprint density at radius 3 is 2.67 bits per heavy atom. The summed E-state index contributed by atoms with van der Waals surface area (Å²) in [6, 6.07) is 11.8. The van der Waals surface area contributed by atoms with E-state index in [0.717, 1.165) is 10.0 Å². The van der Waals surface area contributed by atoms with Crippen LogP contribution in [0.5, 0.6) is 5.75 Å². The maximum atomic E-state index is 13.5. The van der Waals surface area contributed by atoms with Gasteiger partial charge in [0.15, 0.2) is 17.9 Å². The van der Waals surface area contributed by atoms with Crippen LogP contribution in [0.3, 0.4) is 0 Å². The van der Waals surface area contributed by atoms with Gasteiger partial charge in [0, 0.05) is 10.0 Å². The van der Waals surface area contributed by atoms with Gasteiger partial charge in [-0.25, -0.2) is 4.39 Å². The second-order valence-corrected chi connectivity index (χ2v) is 4.51. The topological polar surface area (TPSA) is 26.3 Å². The standard InChI is InChI=1S/C14H10BrFO2/c15-12-6-2-1-4-11(12)9-18-14-10(8-17)5-3-7-13(14)16/h1-8H,9H2. The summed E-state index contributed by atoms with van der Waals surface area (Å²) >= 11 is 3.38. The van der Waals surface area contributed by atoms with Crippen molar-refractivity contribution in [3.63, 3.8) is 0 Å². The molecule has 0 unspecified atom stereocenters. The zero-order valence-electron chi connectivity index (χ0n) is 9.40. The first-order chi connectivity index (χ1) is 8.72. The highest BCUT2D eigenvalue weighted by Gasteiger charge is 2.10. The SMILES string of the molecule is O=Cc1cccc(F)c1OCc1ccccc1Br. The summed E-state index contributed by atoms with van der Waals surface area (Å²) in [6.07, 6.45) is 0.582. The Hall–Kier alpha value is -1.68. The molecule has 0 aliphatic carbocycles. The molecule has 0 fully saturated rings. The molecule has 0 heterocycles. The van der Waals surface area contributed by atoms with Crippen LogP contribution in [-0.2, 0) is 6.61 Å². The number of rotatable bonds is 4. The summed E-state index contributed by atoms with van der Waals surface area (Å²) in [5, 5.41) is 0. The van der Waals surface area contributed by atoms with Crippen LogP contribution in [0, 0.1) is 5.82 Å². The van der Waals surface area contributed by atoms with Crippen molar-refractivity contribution in [1.29, 1.82) is 0 Å². The Bertz CT molecular complexity index is 569. The van der Waals surface area contributed by atoms with Crippen molar-refractivity contribution in [2.24, 2.45) is 0 Å². The van der Waals surface area contributed by atoms with Gasteiger partial charge in [0.05, 0.1) is 5.56 Å². The summed E-state index contributed by atoms with van der Waals surface area (Å²) in [6.45, 7) is 0.198. The van der Waals surface area contributed by atoms with Gasteiger partial charge in [0.1, 0.15) is 6.61 Å². The molecule has 2 nitrogen and oxygen atoms in total. The van der Waals surface area contributed by atoms with Crippen molar-refractivity contribution >= 4 is 22.2 Å². The second kappa shape index (κ2) is 5.78. The smallest absolute Gasteiger partial charge is 0.165 e. The van der Waals surface area contributed by atoms with Crippen LogP contribution in [0.15, 0.2) is 46.9 Å². The molecule has 0 amide bonds. The van der Waals surface area contributed by atoms with E-state index in [1.165, 1.54) is 18.2 Å². The molecule has 18 heavy (non-hydrogen) atoms. The van der Waals surface area contributed by atoms with E-state index in [4.69, 9.17) is 4.74 Å². The molecule has 0 N–H and O–H groups in total. The lowest BCUT2D eigenvalue weighted by atomic mass is 10.2. The van der Waals surface area contributed by atoms with Crippen LogP contribution in [0.4, 0.5) is 4.39 Å². The van der Waals surface area contributed by atoms with Crippen LogP contribution in [0.25, 0.3) is 0 Å². The van der Waals surface area contributed by atoms with Crippen molar-refractivity contribution in [3.8, 4) is 5.75 Å². The van der Waals surface area contributed by atoms with E-state index in [9.17, 15) is 9.18 Å². The third-order valence-corrected chi connectivity index (χ3v) is 3.23. The predicted molar refractivity (Wildman–Crippen MR) is 70.3 cm³/mol. The van der Waals surface area contributed by atoms with E-state index in [0.29, 0.717) is 6.29 Å². The number of halogens is 2. The normalized spacial score (nSPS) is 10.1. The van der Waals surface area contributed by atoms with Gasteiger partial charge in [-0.15, -0.1) is 0 Å². The van der Waals surface area contributed by atoms with Crippen molar-refractivity contribution in [2.75, 3.05) is 0 Å². The minimum absolute atomic E-state index is 0.0109. The predicted octanol–water partition coefficient (Wildman–Crippen LogP) is 3.98. The molecule has 0 radical (unpaired) electrons. The molecule has 92 valence electrons. The van der Waals surface area contributed by atoms with Crippen LogP contribution in [-0.4, -0.2) is 6.29 Å². The average Bonchev–Trinajstić information content (AvgIpc) is 2.39. The van der Waals surface area contributed by atoms with E-state index in [1.807, 2.05) is 24.3 Å². The number of carbonyl (C=O) groups excluding carboxylic acids is 1. The van der Waals surface area contributed by atoms with Crippen LogP contribution in [0.1, 0.15) is 15.9 Å². The van der Waals surface area contributed by atoms with Crippen LogP contribution >= 0.6 is 15.9 Å². The van der Waals surface area contributed by atoms with Crippen molar-refractivity contribution < 1.29 is 13.9 Å². The third-order valence-electron chi connectivity index (χ3n) is 2.45. The van der Waals surface area contributed by atoms with Gasteiger partial charge >= 0.3 is 0 Å². The molecule has 0 atom stereocenters. The molecular weight excluding hydrogens is 299 g/mol. The van der Waals surface area contributed by atoms with Gasteiger partial charge in [0.2, 0.25) is 0 Å². The van der Waals surface area contributed by atoms with E-state index in [1.54, 1.807) is 0 Å². The Morgan fingerprint density at radius 2 is 1.94 bits per heavy atom. The minimum atomic E-state index is -0.536. The highest BCUT2D eigenvalue weighted by atomic mass is 79.9. The third kappa shape index (κ3) is 2.76. The van der Waals surface area contributed by atoms with E-state index < -0.39 is 5.82 Å². The summed E-state index contributed by atoms with van der Waals surface area (Å²) in [5.41, 5.74) is 1.10. The average molecular weight is 309 g/mol. The molecule has 0 saturated carbocycles. The van der Waals surface area contributed by atoms with Crippen molar-refractivity contribution in [3.05, 3.63) is 63.9 Å². The van der Waals surface area contributed by atoms with Gasteiger partial charge in [-0.2, -0.15) is 0 Å². The fourth-order valence-electron chi connectivity index (χ4n) is 1.54. The minimum Gasteiger partial charge on any atom is -0.485 e. The quantitative estimate of drug-likeness (QED) is 0.799. The zero-order valence-corrected chi connectivity index (χ0v) is 11.0. The van der Waals surface area contributed by atoms with E-state index in [-0.39, 0.29) is 17.9 Å². The lowest BCUT2D eigenvalue weighted by molar-refractivity contribution is 0.111. The first-order valence-electron chi connectivity index (χ1n) is 5.32. The molecule has 0 saturated heterocycles. The molecule has 0 bridgehead atoms. The van der Waals surface area contributed by atoms with Crippen molar-refractivity contribution in [2.45, 2.75) is 6.61 Å². The Kier molecular flexibility index (Phi) is 4.10. The molecule has 2 aromatic carbocycles. The molecule has 0 aliphatic rings. The number of ether oxygens (including phenoxy) is 1. The van der Waals surface area contributed by atoms with Crippen molar-refractivity contribution in [1.82, 2.24) is 0 Å². The molecule has 0 aromatic heterocycles. The van der Waals surface area contributed by atoms with Gasteiger partial charge < -0.3 is 4.74 Å². The molecular formula is C14H10BrFO2. The molecule has 2 aromatic rings. The fourth-order valence-corrected chi connectivity index (χ4v) is 1.94. The number of benzene rings is 2. The number of hydrogen-bond donors (Lipinski definition) is 0. The largest absolute Gasteiger partial charge is 0.485 e. The van der Waals surface area contributed by atoms with Gasteiger partial charge in [-0.3, -0.25) is 4.79 Å². The summed E-state index contributed by atoms with van der Waals surface area (Å²) < 4.78 is 19.8. The lowest BCUT2D eigenvalue weighted by Crippen LogP contribution is -2.01. The summed E-state index contributed by atoms with van der Waals surface area (Å²) in [7, 11) is 0. The number of aldehydes is 1. The fraction of sp³-hybridized carbons (Fsp3) is 0.0714. The molecule has 2 rings (SSSR count). The second-order valence-electron chi connectivity index (χ2n) is 3.66. The highest BCUT2D eigenvalue weighted by Crippen LogP contribution is 2.24. The summed E-state index contributed by atoms with van der Waals surface area (Å²) in [4.78, 5) is 10.8. The lowest BCUT2D eigenvalue weighted by Gasteiger charge is -2.10. The Balaban J connectivity index is 2.21. The Morgan fingerprint density at radius 1 is 1.17 bits per heavy atom. The van der Waals surface area contributed by atoms with Crippen LogP contribution < -0.4 is 4.74 Å². The van der Waals surface area contributed by atoms with E-state index in [2.05, 4.69) is 15.9 Å². The Labute approximate surface area is 113 Å². The van der Waals surface area contributed by atoms with Gasteiger partial charge in [-0.1, -0.05) is 40.2 Å². The first-order valence-corrected chi connectivity index (χ1v) is 6.11. The number of hydrogen-bond acceptors (Lipinski definition) is 2. The van der Waals surface area contributed by atoms with E-state index >= 15 is 0 Å². The number of carbonyl (C=O) groups is 1. The maximum Gasteiger partial charge on any atom is 0.165 e.